The average Bonchev–Trinajstić information content (AvgIpc) is 3.07. The molecule has 1 aromatic rings. The van der Waals surface area contributed by atoms with E-state index >= 15 is 0 Å². The van der Waals surface area contributed by atoms with Crippen LogP contribution in [0.4, 0.5) is 5.00 Å². The van der Waals surface area contributed by atoms with E-state index in [9.17, 15) is 19.2 Å². The third kappa shape index (κ3) is 5.86. The van der Waals surface area contributed by atoms with E-state index in [1.807, 2.05) is 0 Å². The molecule has 0 aliphatic heterocycles. The summed E-state index contributed by atoms with van der Waals surface area (Å²) < 4.78 is 4.81. The van der Waals surface area contributed by atoms with Gasteiger partial charge in [-0.05, 0) is 24.3 Å². The molecule has 8 nitrogen and oxygen atoms in total. The van der Waals surface area contributed by atoms with E-state index in [1.165, 1.54) is 6.07 Å². The predicted molar refractivity (Wildman–Crippen MR) is 92.0 cm³/mol. The summed E-state index contributed by atoms with van der Waals surface area (Å²) in [6.45, 7) is -0.775. The Kier molecular flexibility index (Phi) is 6.93. The first-order chi connectivity index (χ1) is 12.0. The summed E-state index contributed by atoms with van der Waals surface area (Å²) in [5, 5.41) is 6.92. The zero-order chi connectivity index (χ0) is 18.2. The molecule has 0 unspecified atom stereocenters. The van der Waals surface area contributed by atoms with Crippen LogP contribution in [0.5, 0.6) is 0 Å². The van der Waals surface area contributed by atoms with E-state index in [4.69, 9.17) is 10.5 Å². The number of thiophene rings is 1. The van der Waals surface area contributed by atoms with Gasteiger partial charge in [0.25, 0.3) is 11.8 Å². The van der Waals surface area contributed by atoms with Crippen LogP contribution in [0.25, 0.3) is 0 Å². The Labute approximate surface area is 149 Å². The molecule has 25 heavy (non-hydrogen) atoms. The molecule has 0 atom stereocenters. The first kappa shape index (κ1) is 18.9. The van der Waals surface area contributed by atoms with Gasteiger partial charge < -0.3 is 21.1 Å². The lowest BCUT2D eigenvalue weighted by atomic mass is 9.89. The Hall–Kier alpha value is -2.42. The van der Waals surface area contributed by atoms with Gasteiger partial charge in [0.05, 0.1) is 5.56 Å². The topological polar surface area (TPSA) is 128 Å². The summed E-state index contributed by atoms with van der Waals surface area (Å²) in [6, 6.07) is 1.50. The van der Waals surface area contributed by atoms with Crippen molar-refractivity contribution in [1.82, 2.24) is 5.32 Å². The van der Waals surface area contributed by atoms with Crippen molar-refractivity contribution in [3.63, 3.8) is 0 Å². The number of esters is 1. The maximum atomic E-state index is 11.9. The van der Waals surface area contributed by atoms with Crippen molar-refractivity contribution < 1.29 is 23.9 Å². The fourth-order valence-electron chi connectivity index (χ4n) is 2.63. The lowest BCUT2D eigenvalue weighted by Gasteiger charge is -2.20. The number of carbonyl (C=O) groups excluding carboxylic acids is 4. The zero-order valence-corrected chi connectivity index (χ0v) is 14.5. The molecule has 1 fully saturated rings. The van der Waals surface area contributed by atoms with Crippen LogP contribution in [0.1, 0.15) is 42.5 Å². The number of rotatable bonds is 7. The Morgan fingerprint density at radius 1 is 1.20 bits per heavy atom. The maximum absolute atomic E-state index is 11.9. The largest absolute Gasteiger partial charge is 0.454 e. The van der Waals surface area contributed by atoms with Gasteiger partial charge >= 0.3 is 5.97 Å². The lowest BCUT2D eigenvalue weighted by molar-refractivity contribution is -0.147. The van der Waals surface area contributed by atoms with Crippen LogP contribution in [0, 0.1) is 5.92 Å². The van der Waals surface area contributed by atoms with Gasteiger partial charge in [-0.15, -0.1) is 11.3 Å². The standard InChI is InChI=1S/C16H21N3O5S/c17-14(22)11-6-7-25-16(11)19-12(20)9-24-13(21)8-18-15(23)10-4-2-1-3-5-10/h6-7,10H,1-5,8-9H2,(H2,17,22)(H,18,23)(H,19,20). The number of hydrogen-bond acceptors (Lipinski definition) is 6. The molecule has 0 radical (unpaired) electrons. The highest BCUT2D eigenvalue weighted by Crippen LogP contribution is 2.23. The number of primary amides is 1. The lowest BCUT2D eigenvalue weighted by Crippen LogP contribution is -2.36. The third-order valence-electron chi connectivity index (χ3n) is 3.93. The maximum Gasteiger partial charge on any atom is 0.325 e. The van der Waals surface area contributed by atoms with Crippen molar-refractivity contribution >= 4 is 40.0 Å². The van der Waals surface area contributed by atoms with Gasteiger partial charge in [-0.25, -0.2) is 0 Å². The number of carbonyl (C=O) groups is 4. The van der Waals surface area contributed by atoms with Gasteiger partial charge in [0.15, 0.2) is 6.61 Å². The first-order valence-electron chi connectivity index (χ1n) is 8.08. The fourth-order valence-corrected chi connectivity index (χ4v) is 3.44. The number of ether oxygens (including phenoxy) is 1. The molecule has 1 aromatic heterocycles. The monoisotopic (exact) mass is 367 g/mol. The number of nitrogens with one attached hydrogen (secondary N) is 2. The smallest absolute Gasteiger partial charge is 0.325 e. The first-order valence-corrected chi connectivity index (χ1v) is 8.96. The summed E-state index contributed by atoms with van der Waals surface area (Å²) >= 11 is 1.14. The molecular formula is C16H21N3O5S. The van der Waals surface area contributed by atoms with E-state index in [-0.39, 0.29) is 23.9 Å². The van der Waals surface area contributed by atoms with Crippen LogP contribution in [-0.2, 0) is 19.1 Å². The molecule has 9 heteroatoms. The van der Waals surface area contributed by atoms with Crippen molar-refractivity contribution in [2.75, 3.05) is 18.5 Å². The quantitative estimate of drug-likeness (QED) is 0.620. The third-order valence-corrected chi connectivity index (χ3v) is 4.76. The number of hydrogen-bond donors (Lipinski definition) is 3. The van der Waals surface area contributed by atoms with E-state index in [0.29, 0.717) is 5.00 Å². The highest BCUT2D eigenvalue weighted by molar-refractivity contribution is 7.14. The van der Waals surface area contributed by atoms with E-state index in [1.54, 1.807) is 5.38 Å². The molecule has 1 aliphatic rings. The molecule has 0 saturated heterocycles. The second-order valence-electron chi connectivity index (χ2n) is 5.79. The molecule has 1 heterocycles. The second kappa shape index (κ2) is 9.16. The predicted octanol–water partition coefficient (Wildman–Crippen LogP) is 1.03. The van der Waals surface area contributed by atoms with E-state index in [0.717, 1.165) is 43.4 Å². The highest BCUT2D eigenvalue weighted by atomic mass is 32.1. The second-order valence-corrected chi connectivity index (χ2v) is 6.71. The minimum Gasteiger partial charge on any atom is -0.454 e. The van der Waals surface area contributed by atoms with Gasteiger partial charge in [-0.3, -0.25) is 19.2 Å². The molecule has 3 amide bonds. The normalized spacial score (nSPS) is 14.6. The molecule has 1 aliphatic carbocycles. The van der Waals surface area contributed by atoms with Crippen LogP contribution in [0.15, 0.2) is 11.4 Å². The average molecular weight is 367 g/mol. The number of anilines is 1. The molecular weight excluding hydrogens is 346 g/mol. The highest BCUT2D eigenvalue weighted by Gasteiger charge is 2.21. The van der Waals surface area contributed by atoms with Gasteiger partial charge in [-0.1, -0.05) is 19.3 Å². The van der Waals surface area contributed by atoms with Crippen molar-refractivity contribution in [2.45, 2.75) is 32.1 Å². The SMILES string of the molecule is NC(=O)c1ccsc1NC(=O)COC(=O)CNC(=O)C1CCCCC1. The fraction of sp³-hybridized carbons (Fsp3) is 0.500. The van der Waals surface area contributed by atoms with Crippen LogP contribution < -0.4 is 16.4 Å². The summed E-state index contributed by atoms with van der Waals surface area (Å²) in [7, 11) is 0. The van der Waals surface area contributed by atoms with Gasteiger partial charge in [0.1, 0.15) is 11.5 Å². The Balaban J connectivity index is 1.68. The van der Waals surface area contributed by atoms with Crippen molar-refractivity contribution in [3.8, 4) is 0 Å². The minimum absolute atomic E-state index is 0.0455. The van der Waals surface area contributed by atoms with Crippen molar-refractivity contribution in [2.24, 2.45) is 11.7 Å². The van der Waals surface area contributed by atoms with Gasteiger partial charge in [0.2, 0.25) is 5.91 Å². The Morgan fingerprint density at radius 2 is 1.92 bits per heavy atom. The van der Waals surface area contributed by atoms with E-state index in [2.05, 4.69) is 10.6 Å². The van der Waals surface area contributed by atoms with Gasteiger partial charge in [-0.2, -0.15) is 0 Å². The summed E-state index contributed by atoms with van der Waals surface area (Å²) in [6.07, 6.45) is 4.87. The molecule has 2 rings (SSSR count). The molecule has 0 spiro atoms. The summed E-state index contributed by atoms with van der Waals surface area (Å²) in [5.74, 6) is -2.13. The molecule has 136 valence electrons. The number of amides is 3. The van der Waals surface area contributed by atoms with E-state index < -0.39 is 24.4 Å². The summed E-state index contributed by atoms with van der Waals surface area (Å²) in [5.41, 5.74) is 5.38. The Morgan fingerprint density at radius 3 is 2.60 bits per heavy atom. The Bertz CT molecular complexity index is 652. The van der Waals surface area contributed by atoms with Crippen molar-refractivity contribution in [1.29, 1.82) is 0 Å². The van der Waals surface area contributed by atoms with Crippen LogP contribution >= 0.6 is 11.3 Å². The van der Waals surface area contributed by atoms with Gasteiger partial charge in [0, 0.05) is 5.92 Å². The molecule has 4 N–H and O–H groups in total. The van der Waals surface area contributed by atoms with Crippen LogP contribution in [-0.4, -0.2) is 36.8 Å². The molecule has 0 bridgehead atoms. The van der Waals surface area contributed by atoms with Crippen LogP contribution in [0.2, 0.25) is 0 Å². The van der Waals surface area contributed by atoms with Crippen LogP contribution in [0.3, 0.4) is 0 Å². The molecule has 1 saturated carbocycles. The zero-order valence-electron chi connectivity index (χ0n) is 13.7. The van der Waals surface area contributed by atoms with Crippen molar-refractivity contribution in [3.05, 3.63) is 17.0 Å². The number of nitrogens with two attached hydrogens (primary N) is 1. The summed E-state index contributed by atoms with van der Waals surface area (Å²) in [4.78, 5) is 46.5. The molecule has 0 aromatic carbocycles. The minimum atomic E-state index is -0.694.